The lowest BCUT2D eigenvalue weighted by molar-refractivity contribution is -0.142. The van der Waals surface area contributed by atoms with Crippen LogP contribution < -0.4 is 10.6 Å². The topological polar surface area (TPSA) is 110 Å². The second-order valence-corrected chi connectivity index (χ2v) is 6.50. The summed E-state index contributed by atoms with van der Waals surface area (Å²) in [6.07, 6.45) is 3.96. The van der Waals surface area contributed by atoms with E-state index in [1.807, 2.05) is 6.07 Å². The van der Waals surface area contributed by atoms with Crippen LogP contribution in [0.4, 0.5) is 5.95 Å². The average molecular weight is 376 g/mol. The van der Waals surface area contributed by atoms with Crippen LogP contribution in [0.15, 0.2) is 30.6 Å². The lowest BCUT2D eigenvalue weighted by Gasteiger charge is -2.05. The Hall–Kier alpha value is -2.81. The number of aromatic nitrogens is 2. The second kappa shape index (κ2) is 10.2. The summed E-state index contributed by atoms with van der Waals surface area (Å²) in [4.78, 5) is 44.1. The summed E-state index contributed by atoms with van der Waals surface area (Å²) in [6.45, 7) is 2.02. The number of anilines is 1. The van der Waals surface area contributed by atoms with Gasteiger partial charge in [0.1, 0.15) is 0 Å². The van der Waals surface area contributed by atoms with Crippen LogP contribution in [0.1, 0.15) is 27.9 Å². The number of amides is 1. The summed E-state index contributed by atoms with van der Waals surface area (Å²) in [7, 11) is 0. The fourth-order valence-corrected chi connectivity index (χ4v) is 2.91. The smallest absolute Gasteiger partial charge is 0.308 e. The van der Waals surface area contributed by atoms with Crippen molar-refractivity contribution in [1.82, 2.24) is 15.3 Å². The Kier molecular flexibility index (Phi) is 7.69. The van der Waals surface area contributed by atoms with E-state index >= 15 is 0 Å². The van der Waals surface area contributed by atoms with E-state index in [1.54, 1.807) is 24.5 Å². The molecule has 0 unspecified atom stereocenters. The number of hydrogen-bond acceptors (Lipinski definition) is 8. The molecule has 0 fully saturated rings. The minimum Gasteiger partial charge on any atom is -0.457 e. The molecule has 0 aliphatic heterocycles. The number of nitrogens with one attached hydrogen (secondary N) is 2. The predicted molar refractivity (Wildman–Crippen MR) is 97.1 cm³/mol. The fourth-order valence-electron chi connectivity index (χ4n) is 1.98. The van der Waals surface area contributed by atoms with Crippen molar-refractivity contribution in [2.45, 2.75) is 19.8 Å². The first-order valence-corrected chi connectivity index (χ1v) is 8.89. The van der Waals surface area contributed by atoms with E-state index in [0.29, 0.717) is 30.3 Å². The van der Waals surface area contributed by atoms with E-state index in [4.69, 9.17) is 4.74 Å². The maximum atomic E-state index is 12.1. The van der Waals surface area contributed by atoms with Gasteiger partial charge in [0.15, 0.2) is 6.61 Å². The molecule has 0 saturated carbocycles. The van der Waals surface area contributed by atoms with Gasteiger partial charge < -0.3 is 15.4 Å². The molecule has 26 heavy (non-hydrogen) atoms. The number of thiophene rings is 1. The van der Waals surface area contributed by atoms with E-state index in [9.17, 15) is 14.4 Å². The molecule has 1 amide bonds. The number of carbonyl (C=O) groups is 3. The summed E-state index contributed by atoms with van der Waals surface area (Å²) in [5.41, 5.74) is 0. The Balaban J connectivity index is 1.66. The summed E-state index contributed by atoms with van der Waals surface area (Å²) in [5, 5.41) is 5.59. The molecule has 0 aliphatic carbocycles. The number of Topliss-reactive ketones (excluding diaryl/α,β-unsaturated/α-hetero) is 1. The molecule has 0 radical (unpaired) electrons. The van der Waals surface area contributed by atoms with Gasteiger partial charge in [0, 0.05) is 37.3 Å². The molecule has 0 aliphatic rings. The van der Waals surface area contributed by atoms with E-state index in [1.165, 1.54) is 18.3 Å². The molecule has 2 heterocycles. The SMILES string of the molecule is CC(=O)NCCc1ccc(C(=O)COC(=O)CCNc2ncccn2)s1. The van der Waals surface area contributed by atoms with Crippen molar-refractivity contribution in [3.63, 3.8) is 0 Å². The molecule has 0 bridgehead atoms. The van der Waals surface area contributed by atoms with E-state index in [0.717, 1.165) is 4.88 Å². The lowest BCUT2D eigenvalue weighted by atomic mass is 10.3. The van der Waals surface area contributed by atoms with E-state index in [2.05, 4.69) is 20.6 Å². The molecule has 8 nitrogen and oxygen atoms in total. The van der Waals surface area contributed by atoms with E-state index in [-0.39, 0.29) is 24.7 Å². The number of ketones is 1. The minimum atomic E-state index is -0.468. The van der Waals surface area contributed by atoms with Gasteiger partial charge in [-0.3, -0.25) is 14.4 Å². The Morgan fingerprint density at radius 2 is 1.92 bits per heavy atom. The van der Waals surface area contributed by atoms with Crippen LogP contribution in [0.25, 0.3) is 0 Å². The Morgan fingerprint density at radius 3 is 2.65 bits per heavy atom. The first-order chi connectivity index (χ1) is 12.5. The molecular formula is C17H20N4O4S. The van der Waals surface area contributed by atoms with Crippen LogP contribution in [0, 0.1) is 0 Å². The predicted octanol–water partition coefficient (Wildman–Crippen LogP) is 1.44. The van der Waals surface area contributed by atoms with Gasteiger partial charge in [-0.1, -0.05) is 0 Å². The van der Waals surface area contributed by atoms with Crippen molar-refractivity contribution in [3.8, 4) is 0 Å². The van der Waals surface area contributed by atoms with Crippen molar-refractivity contribution in [3.05, 3.63) is 40.3 Å². The van der Waals surface area contributed by atoms with Gasteiger partial charge in [0.05, 0.1) is 11.3 Å². The molecule has 0 atom stereocenters. The summed E-state index contributed by atoms with van der Waals surface area (Å²) in [6, 6.07) is 5.24. The van der Waals surface area contributed by atoms with Crippen LogP contribution in [0.3, 0.4) is 0 Å². The second-order valence-electron chi connectivity index (χ2n) is 5.33. The van der Waals surface area contributed by atoms with Crippen LogP contribution in [-0.2, 0) is 20.7 Å². The molecule has 9 heteroatoms. The normalized spacial score (nSPS) is 10.2. The minimum absolute atomic E-state index is 0.0851. The molecule has 2 aromatic heterocycles. The zero-order valence-electron chi connectivity index (χ0n) is 14.4. The summed E-state index contributed by atoms with van der Waals surface area (Å²) >= 11 is 1.34. The van der Waals surface area contributed by atoms with Crippen molar-refractivity contribution in [2.75, 3.05) is 25.0 Å². The number of esters is 1. The molecule has 0 saturated heterocycles. The van der Waals surface area contributed by atoms with Crippen molar-refractivity contribution < 1.29 is 19.1 Å². The third kappa shape index (κ3) is 6.98. The van der Waals surface area contributed by atoms with Crippen molar-refractivity contribution in [1.29, 1.82) is 0 Å². The van der Waals surface area contributed by atoms with E-state index < -0.39 is 5.97 Å². The first kappa shape index (κ1) is 19.5. The van der Waals surface area contributed by atoms with Crippen molar-refractivity contribution in [2.24, 2.45) is 0 Å². The fraction of sp³-hybridized carbons (Fsp3) is 0.353. The monoisotopic (exact) mass is 376 g/mol. The molecule has 0 spiro atoms. The highest BCUT2D eigenvalue weighted by Gasteiger charge is 2.12. The highest BCUT2D eigenvalue weighted by Crippen LogP contribution is 2.17. The van der Waals surface area contributed by atoms with Gasteiger partial charge >= 0.3 is 5.97 Å². The first-order valence-electron chi connectivity index (χ1n) is 8.07. The molecule has 0 aromatic carbocycles. The number of ether oxygens (including phenoxy) is 1. The molecule has 138 valence electrons. The van der Waals surface area contributed by atoms with Gasteiger partial charge in [0.2, 0.25) is 17.6 Å². The number of nitrogens with zero attached hydrogens (tertiary/aromatic N) is 2. The maximum absolute atomic E-state index is 12.1. The Labute approximate surface area is 155 Å². The van der Waals surface area contributed by atoms with Crippen LogP contribution in [0.5, 0.6) is 0 Å². The third-order valence-corrected chi connectivity index (χ3v) is 4.41. The van der Waals surface area contributed by atoms with Crippen LogP contribution in [0.2, 0.25) is 0 Å². The van der Waals surface area contributed by atoms with Crippen LogP contribution in [-0.4, -0.2) is 47.3 Å². The number of carbonyl (C=O) groups excluding carboxylic acids is 3. The van der Waals surface area contributed by atoms with Crippen LogP contribution >= 0.6 is 11.3 Å². The third-order valence-electron chi connectivity index (χ3n) is 3.22. The number of rotatable bonds is 10. The molecular weight excluding hydrogens is 356 g/mol. The quantitative estimate of drug-likeness (QED) is 0.477. The Bertz CT molecular complexity index is 748. The highest BCUT2D eigenvalue weighted by atomic mass is 32.1. The van der Waals surface area contributed by atoms with Gasteiger partial charge in [0.25, 0.3) is 0 Å². The zero-order chi connectivity index (χ0) is 18.8. The Morgan fingerprint density at radius 1 is 1.15 bits per heavy atom. The van der Waals surface area contributed by atoms with Crippen molar-refractivity contribution >= 4 is 34.9 Å². The number of hydrogen-bond donors (Lipinski definition) is 2. The van der Waals surface area contributed by atoms with Gasteiger partial charge in [-0.05, 0) is 24.6 Å². The lowest BCUT2D eigenvalue weighted by Crippen LogP contribution is -2.22. The molecule has 2 aromatic rings. The average Bonchev–Trinajstić information content (AvgIpc) is 3.09. The molecule has 2 rings (SSSR count). The summed E-state index contributed by atoms with van der Waals surface area (Å²) in [5.74, 6) is -0.363. The largest absolute Gasteiger partial charge is 0.457 e. The highest BCUT2D eigenvalue weighted by molar-refractivity contribution is 7.14. The van der Waals surface area contributed by atoms with Gasteiger partial charge in [-0.2, -0.15) is 0 Å². The van der Waals surface area contributed by atoms with Gasteiger partial charge in [-0.15, -0.1) is 11.3 Å². The molecule has 2 N–H and O–H groups in total. The maximum Gasteiger partial charge on any atom is 0.308 e. The zero-order valence-corrected chi connectivity index (χ0v) is 15.2. The van der Waals surface area contributed by atoms with Gasteiger partial charge in [-0.25, -0.2) is 9.97 Å². The standard InChI is InChI=1S/C17H20N4O4S/c1-12(22)18-9-5-13-3-4-15(26-13)14(23)11-25-16(24)6-10-21-17-19-7-2-8-20-17/h2-4,7-8H,5-6,9-11H2,1H3,(H,18,22)(H,19,20,21). The summed E-state index contributed by atoms with van der Waals surface area (Å²) < 4.78 is 5.00.